The number of amides is 1. The van der Waals surface area contributed by atoms with E-state index in [4.69, 9.17) is 9.15 Å². The van der Waals surface area contributed by atoms with Gasteiger partial charge in [0.25, 0.3) is 15.9 Å². The molecular weight excluding hydrogens is 597 g/mol. The third kappa shape index (κ3) is 5.37. The van der Waals surface area contributed by atoms with Gasteiger partial charge in [0.1, 0.15) is 28.6 Å². The van der Waals surface area contributed by atoms with Gasteiger partial charge in [0.15, 0.2) is 5.82 Å². The van der Waals surface area contributed by atoms with Crippen molar-refractivity contribution in [3.05, 3.63) is 96.1 Å². The zero-order valence-electron chi connectivity index (χ0n) is 24.2. The molecule has 0 saturated heterocycles. The Hall–Kier alpha value is -5.23. The molecule has 1 aliphatic heterocycles. The first-order valence-electron chi connectivity index (χ1n) is 14.5. The minimum Gasteiger partial charge on any atom is -0.495 e. The molecule has 228 valence electrons. The number of furan rings is 1. The van der Waals surface area contributed by atoms with Crippen LogP contribution in [0, 0.1) is 5.82 Å². The number of nitrogens with one attached hydrogen (secondary N) is 2. The number of hydrogen-bond acceptors (Lipinski definition) is 7. The fourth-order valence-electron chi connectivity index (χ4n) is 5.67. The second-order valence-corrected chi connectivity index (χ2v) is 12.5. The van der Waals surface area contributed by atoms with Crippen molar-refractivity contribution >= 4 is 49.2 Å². The van der Waals surface area contributed by atoms with Gasteiger partial charge in [-0.25, -0.2) is 12.8 Å². The van der Waals surface area contributed by atoms with Gasteiger partial charge in [0, 0.05) is 41.1 Å². The molecule has 6 aromatic rings. The zero-order valence-corrected chi connectivity index (χ0v) is 25.0. The van der Waals surface area contributed by atoms with Crippen molar-refractivity contribution in [2.24, 2.45) is 0 Å². The van der Waals surface area contributed by atoms with Gasteiger partial charge in [0.2, 0.25) is 0 Å². The van der Waals surface area contributed by atoms with E-state index < -0.39 is 21.7 Å². The molecule has 0 fully saturated rings. The minimum atomic E-state index is -4.15. The number of rotatable bonds is 7. The molecular formula is C33H28FN5O5S. The number of sulfonamides is 1. The lowest BCUT2D eigenvalue weighted by Gasteiger charge is -2.13. The van der Waals surface area contributed by atoms with Crippen molar-refractivity contribution < 1.29 is 26.8 Å². The number of benzene rings is 4. The van der Waals surface area contributed by atoms with Crippen LogP contribution < -0.4 is 14.8 Å². The first-order chi connectivity index (χ1) is 21.8. The molecule has 4 aromatic carbocycles. The summed E-state index contributed by atoms with van der Waals surface area (Å²) in [6.45, 7) is 0.695. The highest BCUT2D eigenvalue weighted by atomic mass is 32.2. The van der Waals surface area contributed by atoms with E-state index in [1.165, 1.54) is 49.6 Å². The molecule has 0 spiro atoms. The average Bonchev–Trinajstić information content (AvgIpc) is 3.52. The standard InChI is InChI=1S/C33H28FN5O5S/c1-43-30-18-24-23-10-4-5-11-28(23)44-29(24)19-27(30)38-45(41,42)22-9-7-8-20(16-22)33(40)35-21-13-14-26(34)25(17-21)32-37-36-31-12-3-2-6-15-39(31)32/h4-5,7-11,13-14,16-19,38H,2-3,6,12,15H2,1H3,(H,35,40). The number of hydrogen-bond donors (Lipinski definition) is 2. The number of fused-ring (bicyclic) bond motifs is 4. The number of halogens is 1. The predicted octanol–water partition coefficient (Wildman–Crippen LogP) is 6.77. The van der Waals surface area contributed by atoms with Gasteiger partial charge in [-0.2, -0.15) is 0 Å². The molecule has 2 N–H and O–H groups in total. The molecule has 3 heterocycles. The summed E-state index contributed by atoms with van der Waals surface area (Å²) in [6, 6.07) is 20.6. The first-order valence-corrected chi connectivity index (χ1v) is 15.9. The van der Waals surface area contributed by atoms with Gasteiger partial charge in [-0.15, -0.1) is 10.2 Å². The van der Waals surface area contributed by atoms with E-state index >= 15 is 0 Å². The van der Waals surface area contributed by atoms with E-state index in [2.05, 4.69) is 20.2 Å². The van der Waals surface area contributed by atoms with Gasteiger partial charge in [-0.1, -0.05) is 30.7 Å². The molecule has 0 bridgehead atoms. The number of anilines is 2. The summed E-state index contributed by atoms with van der Waals surface area (Å²) in [5.74, 6) is 0.492. The van der Waals surface area contributed by atoms with Crippen LogP contribution in [0.3, 0.4) is 0 Å². The normalized spacial score (nSPS) is 13.4. The molecule has 1 aliphatic rings. The highest BCUT2D eigenvalue weighted by molar-refractivity contribution is 7.92. The number of methoxy groups -OCH3 is 1. The number of ether oxygens (including phenoxy) is 1. The van der Waals surface area contributed by atoms with E-state index in [1.54, 1.807) is 12.1 Å². The molecule has 0 radical (unpaired) electrons. The van der Waals surface area contributed by atoms with E-state index in [9.17, 15) is 17.6 Å². The van der Waals surface area contributed by atoms with Crippen molar-refractivity contribution in [2.45, 2.75) is 37.1 Å². The summed E-state index contributed by atoms with van der Waals surface area (Å²) in [5.41, 5.74) is 1.99. The quantitative estimate of drug-likeness (QED) is 0.200. The number of carbonyl (C=O) groups is 1. The van der Waals surface area contributed by atoms with Gasteiger partial charge in [-0.05, 0) is 61.4 Å². The Kier molecular flexibility index (Phi) is 7.20. The molecule has 0 aliphatic carbocycles. The average molecular weight is 626 g/mol. The highest BCUT2D eigenvalue weighted by Crippen LogP contribution is 2.37. The fraction of sp³-hybridized carbons (Fsp3) is 0.182. The lowest BCUT2D eigenvalue weighted by molar-refractivity contribution is 0.102. The number of para-hydroxylation sites is 1. The monoisotopic (exact) mass is 625 g/mol. The van der Waals surface area contributed by atoms with Crippen LogP contribution in [0.2, 0.25) is 0 Å². The number of nitrogens with zero attached hydrogens (tertiary/aromatic N) is 3. The van der Waals surface area contributed by atoms with Crippen LogP contribution in [0.1, 0.15) is 35.4 Å². The Labute approximate surface area is 257 Å². The molecule has 0 saturated carbocycles. The zero-order chi connectivity index (χ0) is 31.1. The highest BCUT2D eigenvalue weighted by Gasteiger charge is 2.22. The van der Waals surface area contributed by atoms with Crippen molar-refractivity contribution in [3.8, 4) is 17.1 Å². The minimum absolute atomic E-state index is 0.0970. The van der Waals surface area contributed by atoms with Crippen LogP contribution in [0.25, 0.3) is 33.3 Å². The number of carbonyl (C=O) groups excluding carboxylic acids is 1. The SMILES string of the molecule is COc1cc2c(cc1NS(=O)(=O)c1cccc(C(=O)Nc3ccc(F)c(-c4nnc5n4CCCCC5)c3)c1)oc1ccccc12. The summed E-state index contributed by atoms with van der Waals surface area (Å²) < 4.78 is 57.8. The van der Waals surface area contributed by atoms with E-state index in [0.29, 0.717) is 35.0 Å². The third-order valence-electron chi connectivity index (χ3n) is 7.92. The molecule has 12 heteroatoms. The lowest BCUT2D eigenvalue weighted by Crippen LogP contribution is -2.16. The van der Waals surface area contributed by atoms with Crippen LogP contribution in [-0.4, -0.2) is 36.2 Å². The van der Waals surface area contributed by atoms with E-state index in [0.717, 1.165) is 42.3 Å². The molecule has 2 aromatic heterocycles. The molecule has 45 heavy (non-hydrogen) atoms. The smallest absolute Gasteiger partial charge is 0.262 e. The van der Waals surface area contributed by atoms with Crippen LogP contribution >= 0.6 is 0 Å². The fourth-order valence-corrected chi connectivity index (χ4v) is 6.78. The summed E-state index contributed by atoms with van der Waals surface area (Å²) in [5, 5.41) is 12.9. The van der Waals surface area contributed by atoms with Gasteiger partial charge in [-0.3, -0.25) is 9.52 Å². The second-order valence-electron chi connectivity index (χ2n) is 10.8. The van der Waals surface area contributed by atoms with Crippen LogP contribution in [-0.2, 0) is 23.0 Å². The van der Waals surface area contributed by atoms with Gasteiger partial charge >= 0.3 is 0 Å². The summed E-state index contributed by atoms with van der Waals surface area (Å²) in [7, 11) is -2.70. The molecule has 0 atom stereocenters. The van der Waals surface area contributed by atoms with Crippen LogP contribution in [0.15, 0.2) is 88.2 Å². The Morgan fingerprint density at radius 3 is 2.67 bits per heavy atom. The number of aryl methyl sites for hydroxylation is 1. The Bertz CT molecular complexity index is 2210. The van der Waals surface area contributed by atoms with Gasteiger partial charge in [0.05, 0.1) is 23.3 Å². The lowest BCUT2D eigenvalue weighted by atomic mass is 10.1. The maximum Gasteiger partial charge on any atom is 0.262 e. The topological polar surface area (TPSA) is 128 Å². The van der Waals surface area contributed by atoms with Crippen LogP contribution in [0.4, 0.5) is 15.8 Å². The Morgan fingerprint density at radius 2 is 1.80 bits per heavy atom. The Morgan fingerprint density at radius 1 is 0.933 bits per heavy atom. The molecule has 7 rings (SSSR count). The summed E-state index contributed by atoms with van der Waals surface area (Å²) >= 11 is 0. The second kappa shape index (κ2) is 11.4. The maximum absolute atomic E-state index is 14.9. The first kappa shape index (κ1) is 28.5. The van der Waals surface area contributed by atoms with Crippen molar-refractivity contribution in [1.82, 2.24) is 14.8 Å². The Balaban J connectivity index is 1.14. The third-order valence-corrected chi connectivity index (χ3v) is 9.29. The summed E-state index contributed by atoms with van der Waals surface area (Å²) in [6.07, 6.45) is 3.80. The maximum atomic E-state index is 14.9. The van der Waals surface area contributed by atoms with E-state index in [-0.39, 0.29) is 21.7 Å². The largest absolute Gasteiger partial charge is 0.495 e. The predicted molar refractivity (Wildman–Crippen MR) is 168 cm³/mol. The van der Waals surface area contributed by atoms with Crippen LogP contribution in [0.5, 0.6) is 5.75 Å². The molecule has 1 amide bonds. The van der Waals surface area contributed by atoms with E-state index in [1.807, 2.05) is 28.8 Å². The van der Waals surface area contributed by atoms with Crippen molar-refractivity contribution in [2.75, 3.05) is 17.1 Å². The van der Waals surface area contributed by atoms with Crippen molar-refractivity contribution in [3.63, 3.8) is 0 Å². The summed E-state index contributed by atoms with van der Waals surface area (Å²) in [4.78, 5) is 13.1. The van der Waals surface area contributed by atoms with Crippen molar-refractivity contribution in [1.29, 1.82) is 0 Å². The molecule has 0 unspecified atom stereocenters. The van der Waals surface area contributed by atoms with Gasteiger partial charge < -0.3 is 19.0 Å². The number of aromatic nitrogens is 3. The molecule has 10 nitrogen and oxygen atoms in total.